The Hall–Kier alpha value is -3.56. The largest absolute Gasteiger partial charge is 0.462 e. The Morgan fingerprint density at radius 3 is 2.24 bits per heavy atom. The van der Waals surface area contributed by atoms with E-state index >= 15 is 0 Å². The van der Waals surface area contributed by atoms with Crippen molar-refractivity contribution in [1.29, 1.82) is 0 Å². The molecule has 130 valence electrons. The van der Waals surface area contributed by atoms with Gasteiger partial charge >= 0.3 is 5.97 Å². The van der Waals surface area contributed by atoms with E-state index in [0.29, 0.717) is 18.8 Å². The molecule has 10 nitrogen and oxygen atoms in total. The van der Waals surface area contributed by atoms with E-state index in [4.69, 9.17) is 4.74 Å². The number of rotatable bonds is 8. The first kappa shape index (κ1) is 17.8. The minimum Gasteiger partial charge on any atom is -0.462 e. The second-order valence-corrected chi connectivity index (χ2v) is 4.88. The summed E-state index contributed by atoms with van der Waals surface area (Å²) in [5.41, 5.74) is 0.0366. The maximum Gasteiger partial charge on any atom is 0.338 e. The lowest BCUT2D eigenvalue weighted by atomic mass is 10.2. The van der Waals surface area contributed by atoms with Crippen LogP contribution in [0.2, 0.25) is 0 Å². The lowest BCUT2D eigenvalue weighted by molar-refractivity contribution is -0.385. The fourth-order valence-corrected chi connectivity index (χ4v) is 1.85. The van der Waals surface area contributed by atoms with Crippen LogP contribution in [-0.2, 0) is 4.74 Å². The first-order chi connectivity index (χ1) is 12.0. The summed E-state index contributed by atoms with van der Waals surface area (Å²) >= 11 is 0. The molecule has 1 aromatic carbocycles. The molecule has 1 heterocycles. The Morgan fingerprint density at radius 2 is 1.68 bits per heavy atom. The van der Waals surface area contributed by atoms with E-state index in [1.165, 1.54) is 36.4 Å². The van der Waals surface area contributed by atoms with Crippen molar-refractivity contribution >= 4 is 23.2 Å². The van der Waals surface area contributed by atoms with Crippen LogP contribution >= 0.6 is 0 Å². The number of non-ortho nitro benzene ring substituents is 1. The first-order valence-corrected chi connectivity index (χ1v) is 7.23. The van der Waals surface area contributed by atoms with Gasteiger partial charge in [0, 0.05) is 24.7 Å². The zero-order chi connectivity index (χ0) is 18.2. The number of carbonyl (C=O) groups excluding carboxylic acids is 1. The topological polar surface area (TPSA) is 138 Å². The van der Waals surface area contributed by atoms with Crippen molar-refractivity contribution in [3.05, 3.63) is 68.4 Å². The van der Waals surface area contributed by atoms with Crippen molar-refractivity contribution in [2.45, 2.75) is 6.42 Å². The van der Waals surface area contributed by atoms with Gasteiger partial charge in [-0.2, -0.15) is 0 Å². The molecule has 0 amide bonds. The van der Waals surface area contributed by atoms with Crippen molar-refractivity contribution in [3.8, 4) is 0 Å². The van der Waals surface area contributed by atoms with Crippen molar-refractivity contribution in [1.82, 2.24) is 4.98 Å². The first-order valence-electron chi connectivity index (χ1n) is 7.23. The minimum absolute atomic E-state index is 0.0948. The normalized spacial score (nSPS) is 10.1. The molecule has 1 N–H and O–H groups in total. The molecule has 0 saturated carbocycles. The van der Waals surface area contributed by atoms with E-state index in [1.54, 1.807) is 0 Å². The molecule has 10 heteroatoms. The summed E-state index contributed by atoms with van der Waals surface area (Å²) in [5.74, 6) is -0.0874. The van der Waals surface area contributed by atoms with Crippen LogP contribution in [-0.4, -0.2) is 34.0 Å². The van der Waals surface area contributed by atoms with Gasteiger partial charge in [0.2, 0.25) is 0 Å². The van der Waals surface area contributed by atoms with Gasteiger partial charge in [-0.15, -0.1) is 0 Å². The van der Waals surface area contributed by atoms with Crippen LogP contribution in [0.1, 0.15) is 16.8 Å². The third kappa shape index (κ3) is 5.23. The highest BCUT2D eigenvalue weighted by atomic mass is 16.6. The fraction of sp³-hybridized carbons (Fsp3) is 0.200. The van der Waals surface area contributed by atoms with E-state index in [2.05, 4.69) is 10.3 Å². The Morgan fingerprint density at radius 1 is 1.04 bits per heavy atom. The molecule has 0 aliphatic rings. The Labute approximate surface area is 141 Å². The predicted molar refractivity (Wildman–Crippen MR) is 87.4 cm³/mol. The van der Waals surface area contributed by atoms with E-state index in [9.17, 15) is 25.0 Å². The van der Waals surface area contributed by atoms with Crippen LogP contribution in [0.3, 0.4) is 0 Å². The molecule has 2 rings (SSSR count). The number of nitro benzene ring substituents is 1. The number of anilines is 1. The summed E-state index contributed by atoms with van der Waals surface area (Å²) in [6, 6.07) is 7.96. The zero-order valence-electron chi connectivity index (χ0n) is 13.0. The Bertz CT molecular complexity index is 761. The van der Waals surface area contributed by atoms with Crippen molar-refractivity contribution in [3.63, 3.8) is 0 Å². The SMILES string of the molecule is O=C(OCCCNc1ccc([N+](=O)[O-])cn1)c1ccc([N+](=O)[O-])cc1. The number of hydrogen-bond donors (Lipinski definition) is 1. The van der Waals surface area contributed by atoms with E-state index in [0.717, 1.165) is 6.20 Å². The summed E-state index contributed by atoms with van der Waals surface area (Å²) in [6.07, 6.45) is 1.65. The predicted octanol–water partition coefficient (Wildman–Crippen LogP) is 2.56. The maximum atomic E-state index is 11.8. The van der Waals surface area contributed by atoms with Crippen molar-refractivity contribution in [2.75, 3.05) is 18.5 Å². The van der Waals surface area contributed by atoms with Crippen LogP contribution in [0.4, 0.5) is 17.2 Å². The highest BCUT2D eigenvalue weighted by molar-refractivity contribution is 5.89. The average molecular weight is 346 g/mol. The maximum absolute atomic E-state index is 11.8. The molecular formula is C15H14N4O6. The zero-order valence-corrected chi connectivity index (χ0v) is 13.0. The van der Waals surface area contributed by atoms with E-state index in [-0.39, 0.29) is 23.5 Å². The summed E-state index contributed by atoms with van der Waals surface area (Å²) in [5, 5.41) is 24.0. The number of nitrogens with zero attached hydrogens (tertiary/aromatic N) is 3. The molecule has 0 spiro atoms. The molecule has 25 heavy (non-hydrogen) atoms. The second kappa shape index (κ2) is 8.34. The number of ether oxygens (including phenoxy) is 1. The van der Waals surface area contributed by atoms with Gasteiger partial charge in [0.1, 0.15) is 12.0 Å². The number of aromatic nitrogens is 1. The molecule has 0 bridgehead atoms. The number of esters is 1. The van der Waals surface area contributed by atoms with Gasteiger partial charge in [-0.25, -0.2) is 9.78 Å². The van der Waals surface area contributed by atoms with Crippen LogP contribution < -0.4 is 5.32 Å². The highest BCUT2D eigenvalue weighted by Gasteiger charge is 2.10. The lowest BCUT2D eigenvalue weighted by Gasteiger charge is -2.06. The smallest absolute Gasteiger partial charge is 0.338 e. The number of nitrogens with one attached hydrogen (secondary N) is 1. The number of hydrogen-bond acceptors (Lipinski definition) is 8. The van der Waals surface area contributed by atoms with Crippen LogP contribution in [0, 0.1) is 20.2 Å². The van der Waals surface area contributed by atoms with Crippen LogP contribution in [0.5, 0.6) is 0 Å². The second-order valence-electron chi connectivity index (χ2n) is 4.88. The highest BCUT2D eigenvalue weighted by Crippen LogP contribution is 2.13. The molecule has 2 aromatic rings. The molecule has 0 unspecified atom stereocenters. The van der Waals surface area contributed by atoms with E-state index in [1.807, 2.05) is 0 Å². The lowest BCUT2D eigenvalue weighted by Crippen LogP contribution is -2.11. The third-order valence-corrected chi connectivity index (χ3v) is 3.13. The quantitative estimate of drug-likeness (QED) is 0.333. The van der Waals surface area contributed by atoms with Gasteiger partial charge in [-0.05, 0) is 24.6 Å². The van der Waals surface area contributed by atoms with Crippen molar-refractivity contribution < 1.29 is 19.4 Å². The van der Waals surface area contributed by atoms with Gasteiger partial charge in [0.05, 0.1) is 22.0 Å². The molecule has 1 aromatic heterocycles. The number of benzene rings is 1. The number of pyridine rings is 1. The van der Waals surface area contributed by atoms with E-state index < -0.39 is 15.8 Å². The summed E-state index contributed by atoms with van der Waals surface area (Å²) in [4.78, 5) is 35.6. The van der Waals surface area contributed by atoms with Crippen LogP contribution in [0.15, 0.2) is 42.6 Å². The molecule has 0 aliphatic heterocycles. The third-order valence-electron chi connectivity index (χ3n) is 3.13. The standard InChI is InChI=1S/C15H14N4O6/c20-15(11-2-4-12(5-3-11)18(21)22)25-9-1-8-16-14-7-6-13(10-17-14)19(23)24/h2-7,10H,1,8-9H2,(H,16,17). The van der Waals surface area contributed by atoms with Gasteiger partial charge in [-0.3, -0.25) is 20.2 Å². The summed E-state index contributed by atoms with van der Waals surface area (Å²) in [7, 11) is 0. The number of nitro groups is 2. The van der Waals surface area contributed by atoms with Crippen molar-refractivity contribution in [2.24, 2.45) is 0 Å². The molecule has 0 atom stereocenters. The van der Waals surface area contributed by atoms with Gasteiger partial charge < -0.3 is 10.1 Å². The Kier molecular flexibility index (Phi) is 5.93. The molecule has 0 fully saturated rings. The fourth-order valence-electron chi connectivity index (χ4n) is 1.85. The monoisotopic (exact) mass is 346 g/mol. The molecular weight excluding hydrogens is 332 g/mol. The molecule has 0 aliphatic carbocycles. The molecule has 0 radical (unpaired) electrons. The van der Waals surface area contributed by atoms with Gasteiger partial charge in [0.25, 0.3) is 11.4 Å². The molecule has 0 saturated heterocycles. The van der Waals surface area contributed by atoms with Gasteiger partial charge in [-0.1, -0.05) is 0 Å². The number of carbonyl (C=O) groups is 1. The minimum atomic E-state index is -0.566. The van der Waals surface area contributed by atoms with Crippen LogP contribution in [0.25, 0.3) is 0 Å². The van der Waals surface area contributed by atoms with Gasteiger partial charge in [0.15, 0.2) is 0 Å². The summed E-state index contributed by atoms with van der Waals surface area (Å²) in [6.45, 7) is 0.605. The Balaban J connectivity index is 1.70. The summed E-state index contributed by atoms with van der Waals surface area (Å²) < 4.78 is 5.06. The average Bonchev–Trinajstić information content (AvgIpc) is 2.61.